The Morgan fingerprint density at radius 3 is 2.88 bits per heavy atom. The lowest BCUT2D eigenvalue weighted by molar-refractivity contribution is 0.583. The predicted octanol–water partition coefficient (Wildman–Crippen LogP) is 3.34. The molecular weight excluding hydrogens is 228 g/mol. The second-order valence-corrected chi connectivity index (χ2v) is 5.17. The highest BCUT2D eigenvalue weighted by Crippen LogP contribution is 2.16. The molecule has 1 unspecified atom stereocenters. The number of hydrogen-bond acceptors (Lipinski definition) is 3. The van der Waals surface area contributed by atoms with Crippen LogP contribution in [0.1, 0.15) is 29.0 Å². The first-order valence-corrected chi connectivity index (χ1v) is 6.81. The van der Waals surface area contributed by atoms with Gasteiger partial charge in [-0.05, 0) is 37.9 Å². The van der Waals surface area contributed by atoms with Crippen molar-refractivity contribution in [3.8, 4) is 0 Å². The van der Waals surface area contributed by atoms with Crippen molar-refractivity contribution < 1.29 is 0 Å². The largest absolute Gasteiger partial charge is 0.309 e. The lowest BCUT2D eigenvalue weighted by atomic mass is 10.1. The molecule has 1 heterocycles. The van der Waals surface area contributed by atoms with Crippen LogP contribution in [0.5, 0.6) is 0 Å². The molecule has 0 radical (unpaired) electrons. The van der Waals surface area contributed by atoms with Crippen molar-refractivity contribution in [2.45, 2.75) is 26.3 Å². The van der Waals surface area contributed by atoms with Crippen molar-refractivity contribution in [2.75, 3.05) is 6.54 Å². The van der Waals surface area contributed by atoms with Crippen LogP contribution in [0, 0.1) is 6.92 Å². The number of benzene rings is 1. The van der Waals surface area contributed by atoms with Crippen LogP contribution in [0.3, 0.4) is 0 Å². The number of nitrogens with one attached hydrogen (secondary N) is 1. The Balaban J connectivity index is 1.82. The molecule has 3 heteroatoms. The monoisotopic (exact) mass is 246 g/mol. The summed E-state index contributed by atoms with van der Waals surface area (Å²) >= 11 is 1.71. The van der Waals surface area contributed by atoms with E-state index in [0.717, 1.165) is 13.0 Å². The predicted molar refractivity (Wildman–Crippen MR) is 73.4 cm³/mol. The Kier molecular flexibility index (Phi) is 4.29. The summed E-state index contributed by atoms with van der Waals surface area (Å²) in [4.78, 5) is 5.40. The molecular formula is C14H18N2S. The highest BCUT2D eigenvalue weighted by atomic mass is 32.1. The van der Waals surface area contributed by atoms with Gasteiger partial charge in [-0.25, -0.2) is 0 Å². The summed E-state index contributed by atoms with van der Waals surface area (Å²) in [5.74, 6) is 0. The third-order valence-electron chi connectivity index (χ3n) is 2.98. The molecule has 0 saturated heterocycles. The zero-order chi connectivity index (χ0) is 12.1. The van der Waals surface area contributed by atoms with Gasteiger partial charge < -0.3 is 5.32 Å². The van der Waals surface area contributed by atoms with E-state index in [1.807, 2.05) is 11.7 Å². The van der Waals surface area contributed by atoms with Gasteiger partial charge in [0, 0.05) is 17.1 Å². The number of aromatic nitrogens is 1. The van der Waals surface area contributed by atoms with Crippen molar-refractivity contribution in [2.24, 2.45) is 0 Å². The van der Waals surface area contributed by atoms with E-state index in [1.54, 1.807) is 11.3 Å². The maximum Gasteiger partial charge on any atom is 0.0794 e. The summed E-state index contributed by atoms with van der Waals surface area (Å²) < 4.78 is 0. The summed E-state index contributed by atoms with van der Waals surface area (Å²) in [5.41, 5.74) is 4.69. The maximum atomic E-state index is 4.10. The van der Waals surface area contributed by atoms with E-state index in [0.29, 0.717) is 6.04 Å². The first-order chi connectivity index (χ1) is 8.27. The Morgan fingerprint density at radius 2 is 2.18 bits per heavy atom. The zero-order valence-electron chi connectivity index (χ0n) is 10.3. The third-order valence-corrected chi connectivity index (χ3v) is 3.94. The number of aryl methyl sites for hydroxylation is 1. The SMILES string of the molecule is Cc1ccccc1CCNC(C)c1cncs1. The molecule has 1 aromatic carbocycles. The topological polar surface area (TPSA) is 24.9 Å². The van der Waals surface area contributed by atoms with E-state index in [4.69, 9.17) is 0 Å². The normalized spacial score (nSPS) is 12.6. The molecule has 1 aromatic heterocycles. The van der Waals surface area contributed by atoms with Crippen molar-refractivity contribution in [1.29, 1.82) is 0 Å². The first-order valence-electron chi connectivity index (χ1n) is 5.93. The molecule has 0 aliphatic carbocycles. The van der Waals surface area contributed by atoms with E-state index in [9.17, 15) is 0 Å². The van der Waals surface area contributed by atoms with Gasteiger partial charge in [-0.3, -0.25) is 4.98 Å². The fourth-order valence-corrected chi connectivity index (χ4v) is 2.51. The van der Waals surface area contributed by atoms with Crippen LogP contribution in [0.2, 0.25) is 0 Å². The molecule has 1 N–H and O–H groups in total. The number of hydrogen-bond donors (Lipinski definition) is 1. The van der Waals surface area contributed by atoms with E-state index in [2.05, 4.69) is 48.4 Å². The van der Waals surface area contributed by atoms with Gasteiger partial charge >= 0.3 is 0 Å². The highest BCUT2D eigenvalue weighted by molar-refractivity contribution is 7.09. The fraction of sp³-hybridized carbons (Fsp3) is 0.357. The van der Waals surface area contributed by atoms with Gasteiger partial charge in [-0.2, -0.15) is 0 Å². The van der Waals surface area contributed by atoms with Crippen LogP contribution in [-0.4, -0.2) is 11.5 Å². The fourth-order valence-electron chi connectivity index (χ4n) is 1.85. The van der Waals surface area contributed by atoms with Crippen LogP contribution in [0.15, 0.2) is 36.0 Å². The second kappa shape index (κ2) is 5.94. The highest BCUT2D eigenvalue weighted by Gasteiger charge is 2.05. The van der Waals surface area contributed by atoms with Crippen molar-refractivity contribution in [3.63, 3.8) is 0 Å². The lowest BCUT2D eigenvalue weighted by Gasteiger charge is -2.12. The minimum absolute atomic E-state index is 0.395. The van der Waals surface area contributed by atoms with Crippen molar-refractivity contribution in [3.05, 3.63) is 52.0 Å². The summed E-state index contributed by atoms with van der Waals surface area (Å²) in [6.07, 6.45) is 3.02. The first kappa shape index (κ1) is 12.3. The second-order valence-electron chi connectivity index (χ2n) is 4.26. The van der Waals surface area contributed by atoms with E-state index >= 15 is 0 Å². The van der Waals surface area contributed by atoms with E-state index in [1.165, 1.54) is 16.0 Å². The van der Waals surface area contributed by atoms with Gasteiger partial charge in [0.15, 0.2) is 0 Å². The minimum Gasteiger partial charge on any atom is -0.309 e. The Hall–Kier alpha value is -1.19. The zero-order valence-corrected chi connectivity index (χ0v) is 11.1. The van der Waals surface area contributed by atoms with E-state index in [-0.39, 0.29) is 0 Å². The molecule has 17 heavy (non-hydrogen) atoms. The average Bonchev–Trinajstić information content (AvgIpc) is 2.85. The summed E-state index contributed by atoms with van der Waals surface area (Å²) in [6, 6.07) is 8.96. The van der Waals surface area contributed by atoms with Crippen LogP contribution in [0.4, 0.5) is 0 Å². The number of rotatable bonds is 5. The summed E-state index contributed by atoms with van der Waals surface area (Å²) in [7, 11) is 0. The molecule has 0 amide bonds. The summed E-state index contributed by atoms with van der Waals surface area (Å²) in [6.45, 7) is 5.36. The Labute approximate surface area is 107 Å². The molecule has 2 nitrogen and oxygen atoms in total. The summed E-state index contributed by atoms with van der Waals surface area (Å²) in [5, 5.41) is 3.53. The third kappa shape index (κ3) is 3.38. The lowest BCUT2D eigenvalue weighted by Crippen LogP contribution is -2.20. The van der Waals surface area contributed by atoms with Crippen molar-refractivity contribution in [1.82, 2.24) is 10.3 Å². The van der Waals surface area contributed by atoms with Gasteiger partial charge in [0.2, 0.25) is 0 Å². The Bertz CT molecular complexity index is 451. The molecule has 0 aliphatic heterocycles. The molecule has 0 spiro atoms. The van der Waals surface area contributed by atoms with Crippen molar-refractivity contribution >= 4 is 11.3 Å². The molecule has 1 atom stereocenters. The van der Waals surface area contributed by atoms with E-state index < -0.39 is 0 Å². The average molecular weight is 246 g/mol. The van der Waals surface area contributed by atoms with Gasteiger partial charge in [0.25, 0.3) is 0 Å². The van der Waals surface area contributed by atoms with Crippen LogP contribution in [-0.2, 0) is 6.42 Å². The van der Waals surface area contributed by atoms with Crippen LogP contribution >= 0.6 is 11.3 Å². The standard InChI is InChI=1S/C14H18N2S/c1-11-5-3-4-6-13(11)7-8-16-12(2)14-9-15-10-17-14/h3-6,9-10,12,16H,7-8H2,1-2H3. The van der Waals surface area contributed by atoms with Gasteiger partial charge in [0.05, 0.1) is 5.51 Å². The molecule has 2 rings (SSSR count). The Morgan fingerprint density at radius 1 is 1.35 bits per heavy atom. The molecule has 90 valence electrons. The molecule has 0 aliphatic rings. The van der Waals surface area contributed by atoms with Crippen LogP contribution < -0.4 is 5.32 Å². The van der Waals surface area contributed by atoms with Gasteiger partial charge in [-0.1, -0.05) is 24.3 Å². The molecule has 2 aromatic rings. The van der Waals surface area contributed by atoms with Crippen LogP contribution in [0.25, 0.3) is 0 Å². The molecule has 0 bridgehead atoms. The van der Waals surface area contributed by atoms with Gasteiger partial charge in [-0.15, -0.1) is 11.3 Å². The maximum absolute atomic E-state index is 4.10. The molecule has 0 fully saturated rings. The quantitative estimate of drug-likeness (QED) is 0.875. The smallest absolute Gasteiger partial charge is 0.0794 e. The molecule has 0 saturated carbocycles. The van der Waals surface area contributed by atoms with Gasteiger partial charge in [0.1, 0.15) is 0 Å². The minimum atomic E-state index is 0.395. The number of thiazole rings is 1. The number of nitrogens with zero attached hydrogens (tertiary/aromatic N) is 1.